The number of ether oxygens (including phenoxy) is 1. The molecule has 0 saturated heterocycles. The molecule has 0 amide bonds. The molecule has 0 radical (unpaired) electrons. The van der Waals surface area contributed by atoms with Crippen LogP contribution in [0.15, 0.2) is 18.2 Å². The highest BCUT2D eigenvalue weighted by Gasteiger charge is 2.34. The minimum Gasteiger partial charge on any atom is -0.492 e. The van der Waals surface area contributed by atoms with Gasteiger partial charge in [-0.1, -0.05) is 18.5 Å². The highest BCUT2D eigenvalue weighted by molar-refractivity contribution is 7.81. The van der Waals surface area contributed by atoms with Crippen molar-refractivity contribution in [3.05, 3.63) is 28.8 Å². The molecule has 1 unspecified atom stereocenters. The van der Waals surface area contributed by atoms with Gasteiger partial charge in [0.2, 0.25) is 0 Å². The second-order valence-corrected chi connectivity index (χ2v) is 4.68. The molecule has 6 heteroatoms. The maximum absolute atomic E-state index is 12.7. The highest BCUT2D eigenvalue weighted by Crippen LogP contribution is 2.37. The molecular formula is C11H12ClF3OS. The molecule has 17 heavy (non-hydrogen) atoms. The Bertz CT molecular complexity index is 381. The summed E-state index contributed by atoms with van der Waals surface area (Å²) < 4.78 is 43.1. The van der Waals surface area contributed by atoms with Crippen LogP contribution in [0.1, 0.15) is 18.9 Å². The molecule has 1 nitrogen and oxygen atoms in total. The van der Waals surface area contributed by atoms with E-state index in [1.165, 1.54) is 12.1 Å². The summed E-state index contributed by atoms with van der Waals surface area (Å²) in [5.74, 6) is -0.214. The van der Waals surface area contributed by atoms with E-state index in [1.807, 2.05) is 6.92 Å². The van der Waals surface area contributed by atoms with Gasteiger partial charge in [-0.3, -0.25) is 0 Å². The third-order valence-corrected chi connectivity index (χ3v) is 2.90. The molecule has 1 rings (SSSR count). The van der Waals surface area contributed by atoms with Crippen molar-refractivity contribution in [3.8, 4) is 5.75 Å². The van der Waals surface area contributed by atoms with Gasteiger partial charge in [0.1, 0.15) is 5.75 Å². The third-order valence-electron chi connectivity index (χ3n) is 2.15. The third kappa shape index (κ3) is 4.32. The number of halogens is 4. The fourth-order valence-electron chi connectivity index (χ4n) is 1.15. The normalized spacial score (nSPS) is 13.5. The molecule has 96 valence electrons. The molecule has 1 aromatic carbocycles. The summed E-state index contributed by atoms with van der Waals surface area (Å²) in [6.07, 6.45) is -3.75. The summed E-state index contributed by atoms with van der Waals surface area (Å²) in [7, 11) is 0. The van der Waals surface area contributed by atoms with Crippen molar-refractivity contribution in [2.45, 2.75) is 24.8 Å². The van der Waals surface area contributed by atoms with Crippen LogP contribution in [-0.2, 0) is 6.18 Å². The first-order valence-electron chi connectivity index (χ1n) is 5.02. The zero-order valence-electron chi connectivity index (χ0n) is 9.09. The molecule has 1 atom stereocenters. The molecule has 0 saturated carbocycles. The van der Waals surface area contributed by atoms with Crippen LogP contribution in [0.5, 0.6) is 5.75 Å². The molecule has 0 N–H and O–H groups in total. The van der Waals surface area contributed by atoms with Gasteiger partial charge in [-0.25, -0.2) is 0 Å². The van der Waals surface area contributed by atoms with Crippen LogP contribution in [0.2, 0.25) is 5.02 Å². The number of hydrogen-bond donors (Lipinski definition) is 1. The fourth-order valence-corrected chi connectivity index (χ4v) is 1.40. The standard InChI is InChI=1S/C11H12ClF3OS/c1-2-8(17)6-16-10-4-3-7(12)5-9(10)11(13,14)15/h3-5,8,17H,2,6H2,1H3. The van der Waals surface area contributed by atoms with Gasteiger partial charge in [0.05, 0.1) is 12.2 Å². The molecule has 0 bridgehead atoms. The average molecular weight is 285 g/mol. The number of hydrogen-bond acceptors (Lipinski definition) is 2. The lowest BCUT2D eigenvalue weighted by Gasteiger charge is -2.16. The van der Waals surface area contributed by atoms with Gasteiger partial charge in [-0.05, 0) is 24.6 Å². The molecule has 0 aliphatic heterocycles. The Morgan fingerprint density at radius 1 is 1.41 bits per heavy atom. The molecule has 0 fully saturated rings. The van der Waals surface area contributed by atoms with Gasteiger partial charge in [-0.2, -0.15) is 25.8 Å². The van der Waals surface area contributed by atoms with Gasteiger partial charge in [0, 0.05) is 10.3 Å². The number of thiol groups is 1. The predicted molar refractivity (Wildman–Crippen MR) is 65.0 cm³/mol. The van der Waals surface area contributed by atoms with Crippen LogP contribution >= 0.6 is 24.2 Å². The first-order valence-corrected chi connectivity index (χ1v) is 5.91. The largest absolute Gasteiger partial charge is 0.492 e. The molecule has 0 heterocycles. The van der Waals surface area contributed by atoms with Crippen LogP contribution < -0.4 is 4.74 Å². The second-order valence-electron chi connectivity index (χ2n) is 3.51. The van der Waals surface area contributed by atoms with Crippen molar-refractivity contribution < 1.29 is 17.9 Å². The van der Waals surface area contributed by atoms with Crippen LogP contribution in [0.25, 0.3) is 0 Å². The van der Waals surface area contributed by atoms with Crippen LogP contribution in [0.3, 0.4) is 0 Å². The fraction of sp³-hybridized carbons (Fsp3) is 0.455. The van der Waals surface area contributed by atoms with Gasteiger partial charge < -0.3 is 4.74 Å². The Balaban J connectivity index is 2.91. The molecule has 0 spiro atoms. The Morgan fingerprint density at radius 2 is 2.06 bits per heavy atom. The Morgan fingerprint density at radius 3 is 2.59 bits per heavy atom. The quantitative estimate of drug-likeness (QED) is 0.804. The van der Waals surface area contributed by atoms with Crippen LogP contribution in [0, 0.1) is 0 Å². The average Bonchev–Trinajstić information content (AvgIpc) is 2.25. The maximum Gasteiger partial charge on any atom is 0.420 e. The van der Waals surface area contributed by atoms with E-state index in [4.69, 9.17) is 16.3 Å². The summed E-state index contributed by atoms with van der Waals surface area (Å²) in [5, 5.41) is -0.0608. The lowest BCUT2D eigenvalue weighted by atomic mass is 10.2. The number of alkyl halides is 3. The van der Waals surface area contributed by atoms with E-state index in [2.05, 4.69) is 12.6 Å². The lowest BCUT2D eigenvalue weighted by molar-refractivity contribution is -0.138. The molecular weight excluding hydrogens is 273 g/mol. The first kappa shape index (κ1) is 14.5. The van der Waals surface area contributed by atoms with E-state index in [0.29, 0.717) is 0 Å². The zero-order chi connectivity index (χ0) is 13.1. The second kappa shape index (κ2) is 5.87. The first-order chi connectivity index (χ1) is 7.84. The van der Waals surface area contributed by atoms with E-state index < -0.39 is 11.7 Å². The Kier molecular flexibility index (Phi) is 5.01. The smallest absolute Gasteiger partial charge is 0.420 e. The molecule has 0 aliphatic rings. The van der Waals surface area contributed by atoms with Crippen LogP contribution in [-0.4, -0.2) is 11.9 Å². The number of rotatable bonds is 4. The minimum absolute atomic E-state index is 0.0302. The summed E-state index contributed by atoms with van der Waals surface area (Å²) in [5.41, 5.74) is -0.860. The molecule has 1 aromatic rings. The predicted octanol–water partition coefficient (Wildman–Crippen LogP) is 4.45. The zero-order valence-corrected chi connectivity index (χ0v) is 10.7. The van der Waals surface area contributed by atoms with Crippen molar-refractivity contribution in [3.63, 3.8) is 0 Å². The van der Waals surface area contributed by atoms with Gasteiger partial charge in [-0.15, -0.1) is 0 Å². The summed E-state index contributed by atoms with van der Waals surface area (Å²) in [6, 6.07) is 3.45. The molecule has 0 aromatic heterocycles. The van der Waals surface area contributed by atoms with E-state index in [1.54, 1.807) is 0 Å². The van der Waals surface area contributed by atoms with Gasteiger partial charge >= 0.3 is 6.18 Å². The summed E-state index contributed by atoms with van der Waals surface area (Å²) >= 11 is 9.70. The highest BCUT2D eigenvalue weighted by atomic mass is 35.5. The van der Waals surface area contributed by atoms with E-state index in [9.17, 15) is 13.2 Å². The van der Waals surface area contributed by atoms with Crippen molar-refractivity contribution >= 4 is 24.2 Å². The minimum atomic E-state index is -4.47. The van der Waals surface area contributed by atoms with Gasteiger partial charge in [0.25, 0.3) is 0 Å². The van der Waals surface area contributed by atoms with Gasteiger partial charge in [0.15, 0.2) is 0 Å². The number of benzene rings is 1. The Labute approximate surface area is 108 Å². The maximum atomic E-state index is 12.7. The van der Waals surface area contributed by atoms with E-state index in [-0.39, 0.29) is 22.6 Å². The van der Waals surface area contributed by atoms with E-state index >= 15 is 0 Å². The summed E-state index contributed by atoms with van der Waals surface area (Å²) in [4.78, 5) is 0. The van der Waals surface area contributed by atoms with Crippen LogP contribution in [0.4, 0.5) is 13.2 Å². The van der Waals surface area contributed by atoms with Crippen molar-refractivity contribution in [2.75, 3.05) is 6.61 Å². The topological polar surface area (TPSA) is 9.23 Å². The lowest BCUT2D eigenvalue weighted by Crippen LogP contribution is -2.14. The monoisotopic (exact) mass is 284 g/mol. The van der Waals surface area contributed by atoms with Crippen molar-refractivity contribution in [1.29, 1.82) is 0 Å². The van der Waals surface area contributed by atoms with Crippen molar-refractivity contribution in [2.24, 2.45) is 0 Å². The molecule has 0 aliphatic carbocycles. The SMILES string of the molecule is CCC(S)COc1ccc(Cl)cc1C(F)(F)F. The van der Waals surface area contributed by atoms with Crippen molar-refractivity contribution in [1.82, 2.24) is 0 Å². The van der Waals surface area contributed by atoms with E-state index in [0.717, 1.165) is 12.5 Å². The summed E-state index contributed by atoms with van der Waals surface area (Å²) in [6.45, 7) is 2.01. The Hall–Kier alpha value is -0.550.